The van der Waals surface area contributed by atoms with Gasteiger partial charge in [0.15, 0.2) is 0 Å². The van der Waals surface area contributed by atoms with Crippen molar-refractivity contribution in [3.05, 3.63) is 12.7 Å². The third kappa shape index (κ3) is 5.56. The summed E-state index contributed by atoms with van der Waals surface area (Å²) in [6.45, 7) is 5.81. The number of urea groups is 1. The van der Waals surface area contributed by atoms with Gasteiger partial charge in [-0.25, -0.2) is 4.79 Å². The van der Waals surface area contributed by atoms with Crippen LogP contribution in [0.3, 0.4) is 0 Å². The van der Waals surface area contributed by atoms with Gasteiger partial charge in [-0.05, 0) is 6.92 Å². The molecule has 0 saturated carbocycles. The van der Waals surface area contributed by atoms with Crippen LogP contribution in [0.5, 0.6) is 0 Å². The van der Waals surface area contributed by atoms with E-state index >= 15 is 0 Å². The average molecular weight is 239 g/mol. The Bertz CT molecular complexity index is 322. The molecule has 2 amide bonds. The highest BCUT2D eigenvalue weighted by Crippen LogP contribution is 2.01. The number of aliphatic carboxylic acids is 1. The van der Waals surface area contributed by atoms with Crippen LogP contribution in [0.2, 0.25) is 0 Å². The van der Waals surface area contributed by atoms with Gasteiger partial charge in [0.25, 0.3) is 0 Å². The van der Waals surface area contributed by atoms with Crippen LogP contribution >= 0.6 is 0 Å². The molecule has 0 fully saturated rings. The van der Waals surface area contributed by atoms with E-state index in [1.807, 2.05) is 6.07 Å². The first-order valence-electron chi connectivity index (χ1n) is 5.30. The predicted molar refractivity (Wildman–Crippen MR) is 62.3 cm³/mol. The average Bonchev–Trinajstić information content (AvgIpc) is 2.28. The monoisotopic (exact) mass is 239 g/mol. The van der Waals surface area contributed by atoms with Crippen molar-refractivity contribution >= 4 is 12.0 Å². The number of carbonyl (C=O) groups is 2. The smallest absolute Gasteiger partial charge is 0.323 e. The zero-order valence-corrected chi connectivity index (χ0v) is 9.93. The molecular weight excluding hydrogens is 222 g/mol. The van der Waals surface area contributed by atoms with Crippen molar-refractivity contribution < 1.29 is 14.7 Å². The number of carbonyl (C=O) groups excluding carboxylic acids is 1. The molecule has 0 aliphatic rings. The third-order valence-corrected chi connectivity index (χ3v) is 2.09. The van der Waals surface area contributed by atoms with Crippen LogP contribution in [-0.4, -0.2) is 53.1 Å². The number of hydrogen-bond acceptors (Lipinski definition) is 3. The second-order valence-electron chi connectivity index (χ2n) is 3.33. The van der Waals surface area contributed by atoms with Gasteiger partial charge in [-0.3, -0.25) is 4.79 Å². The molecule has 0 spiro atoms. The molecule has 0 atom stereocenters. The molecule has 0 saturated heterocycles. The highest BCUT2D eigenvalue weighted by Gasteiger charge is 2.20. The summed E-state index contributed by atoms with van der Waals surface area (Å²) in [7, 11) is 0. The summed E-state index contributed by atoms with van der Waals surface area (Å²) >= 11 is 0. The molecule has 0 unspecified atom stereocenters. The lowest BCUT2D eigenvalue weighted by molar-refractivity contribution is -0.137. The van der Waals surface area contributed by atoms with Gasteiger partial charge in [0.1, 0.15) is 6.54 Å². The largest absolute Gasteiger partial charge is 0.480 e. The molecule has 6 heteroatoms. The fourth-order valence-electron chi connectivity index (χ4n) is 1.30. The van der Waals surface area contributed by atoms with Gasteiger partial charge in [-0.1, -0.05) is 6.08 Å². The van der Waals surface area contributed by atoms with Crippen LogP contribution in [0.1, 0.15) is 13.3 Å². The third-order valence-electron chi connectivity index (χ3n) is 2.09. The quantitative estimate of drug-likeness (QED) is 0.669. The molecule has 0 aliphatic carbocycles. The second kappa shape index (κ2) is 8.16. The molecular formula is C11H17N3O3. The van der Waals surface area contributed by atoms with E-state index in [1.165, 1.54) is 15.9 Å². The second-order valence-corrected chi connectivity index (χ2v) is 3.33. The first-order valence-corrected chi connectivity index (χ1v) is 5.30. The lowest BCUT2D eigenvalue weighted by Gasteiger charge is -2.27. The van der Waals surface area contributed by atoms with Crippen LogP contribution in [-0.2, 0) is 4.79 Å². The fraction of sp³-hybridized carbons (Fsp3) is 0.545. The van der Waals surface area contributed by atoms with Crippen molar-refractivity contribution in [2.75, 3.05) is 26.2 Å². The Kier molecular flexibility index (Phi) is 7.19. The van der Waals surface area contributed by atoms with Gasteiger partial charge in [0, 0.05) is 19.6 Å². The zero-order valence-electron chi connectivity index (χ0n) is 9.93. The van der Waals surface area contributed by atoms with Crippen molar-refractivity contribution in [2.45, 2.75) is 13.3 Å². The molecule has 1 N–H and O–H groups in total. The van der Waals surface area contributed by atoms with Gasteiger partial charge in [-0.2, -0.15) is 5.26 Å². The van der Waals surface area contributed by atoms with E-state index in [-0.39, 0.29) is 25.5 Å². The summed E-state index contributed by atoms with van der Waals surface area (Å²) in [5.74, 6) is -1.07. The molecule has 94 valence electrons. The zero-order chi connectivity index (χ0) is 13.3. The van der Waals surface area contributed by atoms with Crippen molar-refractivity contribution in [1.29, 1.82) is 5.26 Å². The molecule has 6 nitrogen and oxygen atoms in total. The van der Waals surface area contributed by atoms with E-state index in [9.17, 15) is 9.59 Å². The molecule has 0 bridgehead atoms. The lowest BCUT2D eigenvalue weighted by atomic mass is 10.4. The molecule has 0 heterocycles. The maximum atomic E-state index is 11.9. The summed E-state index contributed by atoms with van der Waals surface area (Å²) in [6, 6.07) is 1.57. The van der Waals surface area contributed by atoms with E-state index in [1.54, 1.807) is 6.92 Å². The number of rotatable bonds is 7. The number of carboxylic acids is 1. The summed E-state index contributed by atoms with van der Waals surface area (Å²) in [5.41, 5.74) is 0. The van der Waals surface area contributed by atoms with Crippen LogP contribution in [0.4, 0.5) is 4.79 Å². The van der Waals surface area contributed by atoms with Gasteiger partial charge in [0.05, 0.1) is 12.5 Å². The Hall–Kier alpha value is -2.03. The Morgan fingerprint density at radius 2 is 2.12 bits per heavy atom. The number of hydrogen-bond donors (Lipinski definition) is 1. The summed E-state index contributed by atoms with van der Waals surface area (Å²) in [6.07, 6.45) is 1.70. The number of amides is 2. The highest BCUT2D eigenvalue weighted by atomic mass is 16.4. The minimum absolute atomic E-state index is 0.175. The maximum absolute atomic E-state index is 11.9. The first-order chi connectivity index (χ1) is 8.06. The minimum Gasteiger partial charge on any atom is -0.480 e. The Morgan fingerprint density at radius 3 is 2.53 bits per heavy atom. The van der Waals surface area contributed by atoms with E-state index < -0.39 is 5.97 Å². The van der Waals surface area contributed by atoms with Crippen LogP contribution < -0.4 is 0 Å². The van der Waals surface area contributed by atoms with E-state index in [2.05, 4.69) is 6.58 Å². The Balaban J connectivity index is 4.60. The topological polar surface area (TPSA) is 84.6 Å². The van der Waals surface area contributed by atoms with Crippen LogP contribution in [0, 0.1) is 11.3 Å². The van der Waals surface area contributed by atoms with Crippen LogP contribution in [0.15, 0.2) is 12.7 Å². The van der Waals surface area contributed by atoms with Gasteiger partial charge < -0.3 is 14.9 Å². The summed E-state index contributed by atoms with van der Waals surface area (Å²) in [4.78, 5) is 25.2. The summed E-state index contributed by atoms with van der Waals surface area (Å²) in [5, 5.41) is 17.2. The Labute approximate surface area is 101 Å². The van der Waals surface area contributed by atoms with Gasteiger partial charge in [-0.15, -0.1) is 6.58 Å². The van der Waals surface area contributed by atoms with Crippen molar-refractivity contribution in [1.82, 2.24) is 9.80 Å². The minimum atomic E-state index is -1.07. The normalized spacial score (nSPS) is 9.18. The molecule has 17 heavy (non-hydrogen) atoms. The number of carboxylic acid groups (broad SMARTS) is 1. The van der Waals surface area contributed by atoms with E-state index in [0.717, 1.165) is 0 Å². The number of nitriles is 1. The Morgan fingerprint density at radius 1 is 1.47 bits per heavy atom. The first kappa shape index (κ1) is 15.0. The fourth-order valence-corrected chi connectivity index (χ4v) is 1.30. The van der Waals surface area contributed by atoms with E-state index in [0.29, 0.717) is 13.1 Å². The maximum Gasteiger partial charge on any atom is 0.323 e. The van der Waals surface area contributed by atoms with Crippen molar-refractivity contribution in [3.63, 3.8) is 0 Å². The lowest BCUT2D eigenvalue weighted by Crippen LogP contribution is -2.45. The number of nitrogens with zero attached hydrogens (tertiary/aromatic N) is 3. The van der Waals surface area contributed by atoms with Crippen LogP contribution in [0.25, 0.3) is 0 Å². The van der Waals surface area contributed by atoms with Crippen molar-refractivity contribution in [3.8, 4) is 6.07 Å². The SMILES string of the molecule is C=CCN(CC(=O)O)C(=O)N(CC)CCC#N. The standard InChI is InChI=1S/C11H17N3O3/c1-3-7-14(9-10(15)16)11(17)13(4-2)8-5-6-12/h3H,1,4-5,7-9H2,2H3,(H,15,16). The van der Waals surface area contributed by atoms with E-state index in [4.69, 9.17) is 10.4 Å². The molecule has 0 rings (SSSR count). The highest BCUT2D eigenvalue weighted by molar-refractivity contribution is 5.80. The molecule has 0 aromatic carbocycles. The summed E-state index contributed by atoms with van der Waals surface area (Å²) < 4.78 is 0. The van der Waals surface area contributed by atoms with Crippen molar-refractivity contribution in [2.24, 2.45) is 0 Å². The molecule has 0 aliphatic heterocycles. The molecule has 0 radical (unpaired) electrons. The molecule has 0 aromatic rings. The predicted octanol–water partition coefficient (Wildman–Crippen LogP) is 0.915. The molecule has 0 aromatic heterocycles. The van der Waals surface area contributed by atoms with Gasteiger partial charge >= 0.3 is 12.0 Å². The van der Waals surface area contributed by atoms with Gasteiger partial charge in [0.2, 0.25) is 0 Å².